The summed E-state index contributed by atoms with van der Waals surface area (Å²) in [5, 5.41) is 13.0. The number of amides is 1. The third kappa shape index (κ3) is 8.93. The number of morpholine rings is 1. The van der Waals surface area contributed by atoms with Gasteiger partial charge in [-0.2, -0.15) is 0 Å². The van der Waals surface area contributed by atoms with Gasteiger partial charge in [0.15, 0.2) is 0 Å². The Labute approximate surface area is 260 Å². The second kappa shape index (κ2) is 14.7. The normalized spacial score (nSPS) is 13.4. The summed E-state index contributed by atoms with van der Waals surface area (Å²) in [7, 11) is 0. The van der Waals surface area contributed by atoms with Crippen molar-refractivity contribution < 1.29 is 19.4 Å². The van der Waals surface area contributed by atoms with E-state index in [2.05, 4.69) is 5.43 Å². The number of carboxylic acids is 1. The molecule has 6 nitrogen and oxygen atoms in total. The van der Waals surface area contributed by atoms with Crippen molar-refractivity contribution in [3.8, 4) is 20.9 Å². The van der Waals surface area contributed by atoms with E-state index in [1.54, 1.807) is 35.6 Å². The van der Waals surface area contributed by atoms with Gasteiger partial charge in [0.1, 0.15) is 0 Å². The Morgan fingerprint density at radius 1 is 0.775 bits per heavy atom. The van der Waals surface area contributed by atoms with Crippen LogP contribution in [0.3, 0.4) is 0 Å². The molecule has 1 aliphatic rings. The van der Waals surface area contributed by atoms with E-state index in [0.717, 1.165) is 43.7 Å². The number of halogens is 4. The molecule has 0 radical (unpaired) electrons. The summed E-state index contributed by atoms with van der Waals surface area (Å²) in [4.78, 5) is 26.5. The minimum absolute atomic E-state index is 0.0116. The van der Waals surface area contributed by atoms with Crippen LogP contribution in [0.4, 0.5) is 0 Å². The van der Waals surface area contributed by atoms with Crippen molar-refractivity contribution in [2.75, 3.05) is 26.3 Å². The summed E-state index contributed by atoms with van der Waals surface area (Å²) in [6, 6.07) is 18.3. The highest BCUT2D eigenvalue weighted by molar-refractivity contribution is 7.16. The third-order valence-corrected chi connectivity index (χ3v) is 9.00. The summed E-state index contributed by atoms with van der Waals surface area (Å²) >= 11 is 27.1. The van der Waals surface area contributed by atoms with E-state index in [4.69, 9.17) is 56.2 Å². The SMILES string of the molecule is O=C(Cc1ccc(-c2ccc(Cl)cc2Cl)s1)NN1CCOCC1.O=C(O)Cc1ccc(-c2ccc(Cl)cc2Cl)s1. The van der Waals surface area contributed by atoms with E-state index >= 15 is 0 Å². The fraction of sp³-hybridized carbons (Fsp3) is 0.214. The molecule has 0 aliphatic carbocycles. The van der Waals surface area contributed by atoms with Crippen LogP contribution in [-0.2, 0) is 27.2 Å². The first-order valence-electron chi connectivity index (χ1n) is 12.1. The van der Waals surface area contributed by atoms with Crippen LogP contribution < -0.4 is 5.43 Å². The molecule has 2 aromatic carbocycles. The van der Waals surface area contributed by atoms with Crippen molar-refractivity contribution in [1.29, 1.82) is 0 Å². The number of rotatable bonds is 7. The first-order valence-corrected chi connectivity index (χ1v) is 15.2. The molecule has 12 heteroatoms. The number of aliphatic carboxylic acids is 1. The number of thiophene rings is 2. The topological polar surface area (TPSA) is 78.9 Å². The van der Waals surface area contributed by atoms with Crippen molar-refractivity contribution in [2.45, 2.75) is 12.8 Å². The maximum atomic E-state index is 12.1. The Kier molecular flexibility index (Phi) is 11.3. The van der Waals surface area contributed by atoms with Crippen LogP contribution in [0.5, 0.6) is 0 Å². The lowest BCUT2D eigenvalue weighted by atomic mass is 10.2. The molecule has 1 fully saturated rings. The fourth-order valence-electron chi connectivity index (χ4n) is 3.81. The average Bonchev–Trinajstić information content (AvgIpc) is 3.54. The number of carbonyl (C=O) groups is 2. The standard InChI is InChI=1S/C16H16Cl2N2O2S.C12H8Cl2O2S/c17-11-1-3-13(14(18)9-11)15-4-2-12(23-15)10-16(21)19-20-5-7-22-8-6-20;13-7-1-3-9(10(14)5-7)11-4-2-8(17-11)6-12(15)16/h1-4,9H,5-8,10H2,(H,19,21);1-5H,6H2,(H,15,16). The van der Waals surface area contributed by atoms with Crippen LogP contribution in [0, 0.1) is 0 Å². The van der Waals surface area contributed by atoms with Gasteiger partial charge in [0.05, 0.1) is 36.1 Å². The number of nitrogens with zero attached hydrogens (tertiary/aromatic N) is 1. The molecule has 40 heavy (non-hydrogen) atoms. The predicted octanol–water partition coefficient (Wildman–Crippen LogP) is 7.98. The van der Waals surface area contributed by atoms with Gasteiger partial charge in [-0.05, 0) is 48.5 Å². The van der Waals surface area contributed by atoms with E-state index in [1.807, 2.05) is 41.4 Å². The molecule has 0 bridgehead atoms. The highest BCUT2D eigenvalue weighted by Gasteiger charge is 2.15. The van der Waals surface area contributed by atoms with Crippen LogP contribution in [0.25, 0.3) is 20.9 Å². The molecule has 1 aliphatic heterocycles. The van der Waals surface area contributed by atoms with Crippen molar-refractivity contribution in [3.05, 3.63) is 90.5 Å². The number of hydrogen-bond acceptors (Lipinski definition) is 6. The number of carboxylic acid groups (broad SMARTS) is 1. The largest absolute Gasteiger partial charge is 0.481 e. The molecule has 0 unspecified atom stereocenters. The van der Waals surface area contributed by atoms with E-state index in [9.17, 15) is 9.59 Å². The van der Waals surface area contributed by atoms with Crippen LogP contribution in [-0.4, -0.2) is 48.3 Å². The number of carbonyl (C=O) groups excluding carboxylic acids is 1. The second-order valence-corrected chi connectivity index (χ2v) is 12.7. The highest BCUT2D eigenvalue weighted by atomic mass is 35.5. The molecule has 0 saturated carbocycles. The van der Waals surface area contributed by atoms with Crippen LogP contribution >= 0.6 is 69.1 Å². The van der Waals surface area contributed by atoms with Gasteiger partial charge in [-0.3, -0.25) is 15.0 Å². The molecular formula is C28H24Cl4N2O4S2. The van der Waals surface area contributed by atoms with Gasteiger partial charge in [-0.15, -0.1) is 22.7 Å². The number of ether oxygens (including phenoxy) is 1. The van der Waals surface area contributed by atoms with Gasteiger partial charge >= 0.3 is 5.97 Å². The third-order valence-electron chi connectivity index (χ3n) is 5.67. The average molecular weight is 658 g/mol. The number of benzene rings is 2. The zero-order chi connectivity index (χ0) is 28.6. The van der Waals surface area contributed by atoms with Crippen molar-refractivity contribution in [2.24, 2.45) is 0 Å². The van der Waals surface area contributed by atoms with E-state index in [0.29, 0.717) is 39.7 Å². The van der Waals surface area contributed by atoms with E-state index in [1.165, 1.54) is 11.3 Å². The Morgan fingerprint density at radius 3 is 1.75 bits per heavy atom. The monoisotopic (exact) mass is 656 g/mol. The lowest BCUT2D eigenvalue weighted by Gasteiger charge is -2.26. The lowest BCUT2D eigenvalue weighted by Crippen LogP contribution is -2.48. The van der Waals surface area contributed by atoms with Gasteiger partial charge in [-0.1, -0.05) is 58.5 Å². The van der Waals surface area contributed by atoms with Crippen molar-refractivity contribution in [3.63, 3.8) is 0 Å². The molecule has 1 saturated heterocycles. The smallest absolute Gasteiger partial charge is 0.308 e. The summed E-state index contributed by atoms with van der Waals surface area (Å²) in [6.07, 6.45) is 0.392. The van der Waals surface area contributed by atoms with Crippen molar-refractivity contribution in [1.82, 2.24) is 10.4 Å². The highest BCUT2D eigenvalue weighted by Crippen LogP contribution is 2.36. The zero-order valence-electron chi connectivity index (χ0n) is 21.0. The summed E-state index contributed by atoms with van der Waals surface area (Å²) < 4.78 is 5.26. The van der Waals surface area contributed by atoms with Gasteiger partial charge in [-0.25, -0.2) is 5.01 Å². The van der Waals surface area contributed by atoms with Gasteiger partial charge < -0.3 is 9.84 Å². The molecule has 5 rings (SSSR count). The number of nitrogens with one attached hydrogen (secondary N) is 1. The Balaban J connectivity index is 0.000000194. The molecule has 0 spiro atoms. The van der Waals surface area contributed by atoms with Gasteiger partial charge in [0.25, 0.3) is 0 Å². The minimum Gasteiger partial charge on any atom is -0.481 e. The Bertz CT molecular complexity index is 1480. The fourth-order valence-corrected chi connectivity index (χ4v) is 7.03. The summed E-state index contributed by atoms with van der Waals surface area (Å²) in [6.45, 7) is 2.75. The maximum Gasteiger partial charge on any atom is 0.308 e. The second-order valence-electron chi connectivity index (χ2n) is 8.66. The Hall–Kier alpha value is -2.14. The van der Waals surface area contributed by atoms with Crippen molar-refractivity contribution >= 4 is 81.0 Å². The quantitative estimate of drug-likeness (QED) is 0.211. The molecule has 2 N–H and O–H groups in total. The van der Waals surface area contributed by atoms with Crippen LogP contribution in [0.1, 0.15) is 9.75 Å². The summed E-state index contributed by atoms with van der Waals surface area (Å²) in [5.41, 5.74) is 4.72. The van der Waals surface area contributed by atoms with Crippen LogP contribution in [0.15, 0.2) is 60.7 Å². The van der Waals surface area contributed by atoms with Gasteiger partial charge in [0.2, 0.25) is 5.91 Å². The molecule has 2 aromatic heterocycles. The first-order chi connectivity index (χ1) is 19.2. The molecule has 0 atom stereocenters. The molecule has 1 amide bonds. The predicted molar refractivity (Wildman–Crippen MR) is 165 cm³/mol. The van der Waals surface area contributed by atoms with Gasteiger partial charge in [0, 0.05) is 53.8 Å². The first kappa shape index (κ1) is 30.8. The zero-order valence-corrected chi connectivity index (χ0v) is 25.6. The molecule has 3 heterocycles. The number of hydrazine groups is 1. The number of hydrogen-bond donors (Lipinski definition) is 2. The minimum atomic E-state index is -0.833. The summed E-state index contributed by atoms with van der Waals surface area (Å²) in [5.74, 6) is -0.844. The van der Waals surface area contributed by atoms with E-state index < -0.39 is 5.97 Å². The van der Waals surface area contributed by atoms with E-state index in [-0.39, 0.29) is 12.3 Å². The molecular weight excluding hydrogens is 634 g/mol. The Morgan fingerprint density at radius 2 is 1.27 bits per heavy atom. The van der Waals surface area contributed by atoms with Crippen LogP contribution in [0.2, 0.25) is 20.1 Å². The lowest BCUT2D eigenvalue weighted by molar-refractivity contribution is -0.136. The molecule has 4 aromatic rings. The molecule has 210 valence electrons. The maximum absolute atomic E-state index is 12.1.